The highest BCUT2D eigenvalue weighted by atomic mass is 16.3. The molecule has 1 atom stereocenters. The number of fused-ring (bicyclic) bond motifs is 1. The van der Waals surface area contributed by atoms with Gasteiger partial charge < -0.3 is 10.4 Å². The molecule has 3 rings (SSSR count). The molecule has 0 aliphatic carbocycles. The van der Waals surface area contributed by atoms with Gasteiger partial charge in [0.15, 0.2) is 0 Å². The van der Waals surface area contributed by atoms with Gasteiger partial charge in [0, 0.05) is 24.0 Å². The summed E-state index contributed by atoms with van der Waals surface area (Å²) < 4.78 is 1.60. The van der Waals surface area contributed by atoms with Crippen LogP contribution in [-0.4, -0.2) is 38.9 Å². The fourth-order valence-electron chi connectivity index (χ4n) is 2.31. The summed E-state index contributed by atoms with van der Waals surface area (Å²) in [6.45, 7) is 2.25. The third kappa shape index (κ3) is 1.90. The predicted octanol–water partition coefficient (Wildman–Crippen LogP) is 0.530. The fourth-order valence-corrected chi connectivity index (χ4v) is 2.31. The van der Waals surface area contributed by atoms with Crippen LogP contribution in [0.2, 0.25) is 0 Å². The molecular formula is C13H14N4O2. The van der Waals surface area contributed by atoms with E-state index in [9.17, 15) is 9.90 Å². The van der Waals surface area contributed by atoms with Crippen molar-refractivity contribution in [2.75, 3.05) is 13.2 Å². The van der Waals surface area contributed by atoms with Gasteiger partial charge in [-0.2, -0.15) is 5.10 Å². The second-order valence-corrected chi connectivity index (χ2v) is 4.58. The van der Waals surface area contributed by atoms with Gasteiger partial charge in [0.2, 0.25) is 0 Å². The zero-order chi connectivity index (χ0) is 13.4. The van der Waals surface area contributed by atoms with Crippen LogP contribution in [0.15, 0.2) is 24.5 Å². The van der Waals surface area contributed by atoms with E-state index in [-0.39, 0.29) is 18.6 Å². The molecule has 2 aromatic rings. The van der Waals surface area contributed by atoms with E-state index in [0.717, 1.165) is 16.8 Å². The Morgan fingerprint density at radius 3 is 3.16 bits per heavy atom. The fraction of sp³-hybridized carbons (Fsp3) is 0.308. The van der Waals surface area contributed by atoms with Gasteiger partial charge >= 0.3 is 0 Å². The maximum absolute atomic E-state index is 12.0. The van der Waals surface area contributed by atoms with Crippen molar-refractivity contribution in [3.05, 3.63) is 35.9 Å². The Morgan fingerprint density at radius 2 is 2.42 bits per heavy atom. The first-order chi connectivity index (χ1) is 9.20. The normalized spacial score (nSPS) is 18.0. The zero-order valence-electron chi connectivity index (χ0n) is 10.5. The monoisotopic (exact) mass is 258 g/mol. The summed E-state index contributed by atoms with van der Waals surface area (Å²) in [5.41, 5.74) is 3.05. The minimum Gasteiger partial charge on any atom is -0.394 e. The molecule has 3 heterocycles. The standard InChI is InChI=1S/C13H14N4O2/c1-8-4-9(2-3-14-8)11-6-16-17-10(7-18)5-15-13(19)12(11)17/h2-4,6,10,18H,5,7H2,1H3,(H,15,19). The van der Waals surface area contributed by atoms with Gasteiger partial charge in [0.05, 0.1) is 18.8 Å². The second kappa shape index (κ2) is 4.47. The van der Waals surface area contributed by atoms with Crippen molar-refractivity contribution in [2.45, 2.75) is 13.0 Å². The molecule has 1 aliphatic heterocycles. The van der Waals surface area contributed by atoms with Crippen LogP contribution in [0.4, 0.5) is 0 Å². The van der Waals surface area contributed by atoms with Gasteiger partial charge in [0.25, 0.3) is 5.91 Å². The van der Waals surface area contributed by atoms with Gasteiger partial charge in [-0.3, -0.25) is 14.5 Å². The number of rotatable bonds is 2. The second-order valence-electron chi connectivity index (χ2n) is 4.58. The average molecular weight is 258 g/mol. The number of carbonyl (C=O) groups is 1. The van der Waals surface area contributed by atoms with Crippen molar-refractivity contribution in [3.8, 4) is 11.1 Å². The lowest BCUT2D eigenvalue weighted by molar-refractivity contribution is 0.0889. The first-order valence-electron chi connectivity index (χ1n) is 6.10. The molecule has 0 bridgehead atoms. The van der Waals surface area contributed by atoms with Crippen molar-refractivity contribution < 1.29 is 9.90 Å². The largest absolute Gasteiger partial charge is 0.394 e. The highest BCUT2D eigenvalue weighted by Gasteiger charge is 2.28. The minimum atomic E-state index is -0.204. The Hall–Kier alpha value is -2.21. The molecule has 1 aliphatic rings. The number of hydrogen-bond donors (Lipinski definition) is 2. The molecule has 98 valence electrons. The molecule has 0 saturated heterocycles. The Balaban J connectivity index is 2.14. The van der Waals surface area contributed by atoms with E-state index < -0.39 is 0 Å². The van der Waals surface area contributed by atoms with Crippen LogP contribution in [-0.2, 0) is 0 Å². The lowest BCUT2D eigenvalue weighted by Gasteiger charge is -2.23. The maximum Gasteiger partial charge on any atom is 0.270 e. The Bertz CT molecular complexity index is 635. The third-order valence-corrected chi connectivity index (χ3v) is 3.27. The lowest BCUT2D eigenvalue weighted by atomic mass is 10.0. The van der Waals surface area contributed by atoms with Crippen LogP contribution in [0, 0.1) is 6.92 Å². The zero-order valence-corrected chi connectivity index (χ0v) is 10.5. The molecule has 6 heteroatoms. The summed E-state index contributed by atoms with van der Waals surface area (Å²) in [5.74, 6) is -0.160. The van der Waals surface area contributed by atoms with Crippen LogP contribution < -0.4 is 5.32 Å². The quantitative estimate of drug-likeness (QED) is 0.823. The van der Waals surface area contributed by atoms with E-state index in [1.54, 1.807) is 17.1 Å². The van der Waals surface area contributed by atoms with Crippen molar-refractivity contribution in [3.63, 3.8) is 0 Å². The Morgan fingerprint density at radius 1 is 1.58 bits per heavy atom. The van der Waals surface area contributed by atoms with E-state index >= 15 is 0 Å². The number of nitrogens with zero attached hydrogens (tertiary/aromatic N) is 3. The van der Waals surface area contributed by atoms with Crippen molar-refractivity contribution in [1.29, 1.82) is 0 Å². The number of nitrogens with one attached hydrogen (secondary N) is 1. The van der Waals surface area contributed by atoms with Gasteiger partial charge in [-0.25, -0.2) is 0 Å². The number of aliphatic hydroxyl groups excluding tert-OH is 1. The van der Waals surface area contributed by atoms with E-state index in [4.69, 9.17) is 0 Å². The lowest BCUT2D eigenvalue weighted by Crippen LogP contribution is -2.40. The van der Waals surface area contributed by atoms with Crippen LogP contribution in [0.5, 0.6) is 0 Å². The first kappa shape index (κ1) is 11.9. The predicted molar refractivity (Wildman–Crippen MR) is 68.7 cm³/mol. The molecule has 0 radical (unpaired) electrons. The summed E-state index contributed by atoms with van der Waals surface area (Å²) in [7, 11) is 0. The molecule has 6 nitrogen and oxygen atoms in total. The van der Waals surface area contributed by atoms with E-state index in [2.05, 4.69) is 15.4 Å². The SMILES string of the molecule is Cc1cc(-c2cnn3c2C(=O)NCC3CO)ccn1. The van der Waals surface area contributed by atoms with E-state index in [0.29, 0.717) is 12.2 Å². The average Bonchev–Trinajstić information content (AvgIpc) is 2.85. The molecule has 1 unspecified atom stereocenters. The maximum atomic E-state index is 12.0. The summed E-state index contributed by atoms with van der Waals surface area (Å²) >= 11 is 0. The van der Waals surface area contributed by atoms with Crippen LogP contribution in [0.1, 0.15) is 22.2 Å². The number of carbonyl (C=O) groups excluding carboxylic acids is 1. The number of amides is 1. The Labute approximate surface area is 110 Å². The number of pyridine rings is 1. The van der Waals surface area contributed by atoms with Crippen LogP contribution in [0.3, 0.4) is 0 Å². The van der Waals surface area contributed by atoms with Gasteiger partial charge in [-0.1, -0.05) is 0 Å². The third-order valence-electron chi connectivity index (χ3n) is 3.27. The van der Waals surface area contributed by atoms with Crippen molar-refractivity contribution in [2.24, 2.45) is 0 Å². The minimum absolute atomic E-state index is 0.0518. The van der Waals surface area contributed by atoms with Gasteiger partial charge in [0.1, 0.15) is 5.69 Å². The molecule has 0 saturated carbocycles. The molecule has 19 heavy (non-hydrogen) atoms. The molecule has 1 amide bonds. The summed E-state index contributed by atoms with van der Waals surface area (Å²) in [6.07, 6.45) is 3.37. The molecule has 2 N–H and O–H groups in total. The van der Waals surface area contributed by atoms with Gasteiger partial charge in [-0.15, -0.1) is 0 Å². The van der Waals surface area contributed by atoms with Crippen molar-refractivity contribution in [1.82, 2.24) is 20.1 Å². The van der Waals surface area contributed by atoms with Crippen molar-refractivity contribution >= 4 is 5.91 Å². The van der Waals surface area contributed by atoms with Crippen LogP contribution in [0.25, 0.3) is 11.1 Å². The van der Waals surface area contributed by atoms with Crippen LogP contribution >= 0.6 is 0 Å². The van der Waals surface area contributed by atoms with E-state index in [1.807, 2.05) is 19.1 Å². The number of aromatic nitrogens is 3. The Kier molecular flexibility index (Phi) is 2.79. The topological polar surface area (TPSA) is 80.0 Å². The highest BCUT2D eigenvalue weighted by Crippen LogP contribution is 2.27. The molecule has 0 spiro atoms. The van der Waals surface area contributed by atoms with Gasteiger partial charge in [-0.05, 0) is 24.6 Å². The highest BCUT2D eigenvalue weighted by molar-refractivity contribution is 5.99. The number of aryl methyl sites for hydroxylation is 1. The number of aliphatic hydroxyl groups is 1. The number of hydrogen-bond acceptors (Lipinski definition) is 4. The molecular weight excluding hydrogens is 244 g/mol. The summed E-state index contributed by atoms with van der Waals surface area (Å²) in [5, 5.41) is 16.3. The summed E-state index contributed by atoms with van der Waals surface area (Å²) in [4.78, 5) is 16.2. The first-order valence-corrected chi connectivity index (χ1v) is 6.10. The smallest absolute Gasteiger partial charge is 0.270 e. The molecule has 0 aromatic carbocycles. The molecule has 0 fully saturated rings. The summed E-state index contributed by atoms with van der Waals surface area (Å²) in [6, 6.07) is 3.55. The van der Waals surface area contributed by atoms with E-state index in [1.165, 1.54) is 0 Å². The molecule has 2 aromatic heterocycles.